The minimum Gasteiger partial charge on any atom is -0.305 e. The minimum atomic E-state index is -3.64. The highest BCUT2D eigenvalue weighted by Gasteiger charge is 2.10. The van der Waals surface area contributed by atoms with Crippen LogP contribution < -0.4 is 10.5 Å². The van der Waals surface area contributed by atoms with Crippen LogP contribution in [0.3, 0.4) is 0 Å². The Kier molecular flexibility index (Phi) is 5.10. The second-order valence-electron chi connectivity index (χ2n) is 4.67. The Morgan fingerprint density at radius 1 is 1.24 bits per heavy atom. The number of sulfonamides is 1. The molecule has 0 bridgehead atoms. The van der Waals surface area contributed by atoms with E-state index in [1.165, 1.54) is 12.1 Å². The van der Waals surface area contributed by atoms with Crippen LogP contribution in [0.15, 0.2) is 52.0 Å². The van der Waals surface area contributed by atoms with Crippen molar-refractivity contribution in [2.45, 2.75) is 24.4 Å². The Bertz CT molecular complexity index is 717. The molecule has 0 aliphatic heterocycles. The maximum atomic E-state index is 11.2. The van der Waals surface area contributed by atoms with E-state index >= 15 is 0 Å². The molecular formula is C14H16BrN3O2S. The van der Waals surface area contributed by atoms with Crippen molar-refractivity contribution in [1.82, 2.24) is 10.3 Å². The van der Waals surface area contributed by atoms with Gasteiger partial charge in [-0.25, -0.2) is 18.5 Å². The number of rotatable bonds is 5. The first-order valence-corrected chi connectivity index (χ1v) is 8.68. The van der Waals surface area contributed by atoms with Crippen LogP contribution in [0.2, 0.25) is 0 Å². The van der Waals surface area contributed by atoms with Gasteiger partial charge >= 0.3 is 0 Å². The molecule has 1 aromatic carbocycles. The summed E-state index contributed by atoms with van der Waals surface area (Å²) in [6, 6.07) is 12.4. The van der Waals surface area contributed by atoms with Gasteiger partial charge in [-0.05, 0) is 52.7 Å². The van der Waals surface area contributed by atoms with Crippen LogP contribution in [-0.4, -0.2) is 13.4 Å². The fraction of sp³-hybridized carbons (Fsp3) is 0.214. The van der Waals surface area contributed by atoms with Gasteiger partial charge in [0.1, 0.15) is 4.60 Å². The smallest absolute Gasteiger partial charge is 0.238 e. The zero-order valence-corrected chi connectivity index (χ0v) is 13.9. The molecule has 0 aliphatic rings. The zero-order valence-electron chi connectivity index (χ0n) is 11.5. The van der Waals surface area contributed by atoms with E-state index in [0.717, 1.165) is 15.9 Å². The van der Waals surface area contributed by atoms with E-state index < -0.39 is 10.0 Å². The van der Waals surface area contributed by atoms with Crippen LogP contribution in [0.25, 0.3) is 0 Å². The number of halogens is 1. The summed E-state index contributed by atoms with van der Waals surface area (Å²) in [7, 11) is -3.64. The average Bonchev–Trinajstić information content (AvgIpc) is 2.44. The van der Waals surface area contributed by atoms with Crippen molar-refractivity contribution in [2.24, 2.45) is 5.14 Å². The summed E-state index contributed by atoms with van der Waals surface area (Å²) in [6.07, 6.45) is 0. The van der Waals surface area contributed by atoms with Crippen LogP contribution in [0, 0.1) is 0 Å². The minimum absolute atomic E-state index is 0.0697. The summed E-state index contributed by atoms with van der Waals surface area (Å²) < 4.78 is 23.2. The summed E-state index contributed by atoms with van der Waals surface area (Å²) in [5.41, 5.74) is 1.91. The molecule has 0 amide bonds. The van der Waals surface area contributed by atoms with E-state index in [9.17, 15) is 8.42 Å². The van der Waals surface area contributed by atoms with Gasteiger partial charge in [0.2, 0.25) is 10.0 Å². The normalized spacial score (nSPS) is 13.1. The molecule has 3 N–H and O–H groups in total. The lowest BCUT2D eigenvalue weighted by Crippen LogP contribution is -2.19. The van der Waals surface area contributed by atoms with Gasteiger partial charge in [0.05, 0.1) is 10.6 Å². The van der Waals surface area contributed by atoms with Crippen LogP contribution in [0.5, 0.6) is 0 Å². The second kappa shape index (κ2) is 6.65. The Morgan fingerprint density at radius 2 is 1.90 bits per heavy atom. The molecule has 0 spiro atoms. The number of hydrogen-bond donors (Lipinski definition) is 2. The molecule has 7 heteroatoms. The third-order valence-corrected chi connectivity index (χ3v) is 4.44. The van der Waals surface area contributed by atoms with E-state index in [2.05, 4.69) is 26.2 Å². The predicted molar refractivity (Wildman–Crippen MR) is 85.0 cm³/mol. The molecule has 5 nitrogen and oxygen atoms in total. The Balaban J connectivity index is 2.02. The van der Waals surface area contributed by atoms with Crippen LogP contribution >= 0.6 is 15.9 Å². The Morgan fingerprint density at radius 3 is 2.48 bits per heavy atom. The number of nitrogens with one attached hydrogen (secondary N) is 1. The van der Waals surface area contributed by atoms with Gasteiger partial charge < -0.3 is 5.32 Å². The van der Waals surface area contributed by atoms with Gasteiger partial charge in [-0.3, -0.25) is 0 Å². The highest BCUT2D eigenvalue weighted by Crippen LogP contribution is 2.16. The number of primary sulfonamides is 1. The molecule has 2 aromatic rings. The van der Waals surface area contributed by atoms with Crippen molar-refractivity contribution in [3.63, 3.8) is 0 Å². The van der Waals surface area contributed by atoms with Crippen molar-refractivity contribution in [1.29, 1.82) is 0 Å². The molecule has 0 fully saturated rings. The summed E-state index contributed by atoms with van der Waals surface area (Å²) in [4.78, 5) is 4.46. The topological polar surface area (TPSA) is 85.1 Å². The molecular weight excluding hydrogens is 354 g/mol. The summed E-state index contributed by atoms with van der Waals surface area (Å²) in [5.74, 6) is 0. The first-order chi connectivity index (χ1) is 9.86. The lowest BCUT2D eigenvalue weighted by atomic mass is 10.1. The van der Waals surface area contributed by atoms with E-state index in [4.69, 9.17) is 5.14 Å². The number of aromatic nitrogens is 1. The number of hydrogen-bond acceptors (Lipinski definition) is 4. The average molecular weight is 370 g/mol. The van der Waals surface area contributed by atoms with Gasteiger partial charge in [-0.1, -0.05) is 18.2 Å². The van der Waals surface area contributed by atoms with E-state index in [1.54, 1.807) is 12.1 Å². The van der Waals surface area contributed by atoms with Crippen molar-refractivity contribution in [3.05, 3.63) is 58.3 Å². The Labute approximate surface area is 132 Å². The molecule has 1 atom stereocenters. The lowest BCUT2D eigenvalue weighted by molar-refractivity contribution is 0.566. The lowest BCUT2D eigenvalue weighted by Gasteiger charge is -2.14. The third kappa shape index (κ3) is 4.60. The number of nitrogens with two attached hydrogens (primary N) is 1. The molecule has 21 heavy (non-hydrogen) atoms. The number of nitrogens with zero attached hydrogens (tertiary/aromatic N) is 1. The molecule has 112 valence electrons. The van der Waals surface area contributed by atoms with Gasteiger partial charge in [0.15, 0.2) is 0 Å². The maximum Gasteiger partial charge on any atom is 0.238 e. The van der Waals surface area contributed by atoms with Gasteiger partial charge in [0.25, 0.3) is 0 Å². The van der Waals surface area contributed by atoms with Crippen molar-refractivity contribution >= 4 is 26.0 Å². The fourth-order valence-corrected chi connectivity index (χ4v) is 2.77. The molecule has 2 rings (SSSR count). The zero-order chi connectivity index (χ0) is 15.5. The predicted octanol–water partition coefficient (Wildman–Crippen LogP) is 2.34. The molecule has 0 aliphatic carbocycles. The second-order valence-corrected chi connectivity index (χ2v) is 7.04. The van der Waals surface area contributed by atoms with E-state index in [1.807, 2.05) is 25.1 Å². The van der Waals surface area contributed by atoms with Crippen LogP contribution in [-0.2, 0) is 16.6 Å². The van der Waals surface area contributed by atoms with E-state index in [0.29, 0.717) is 6.54 Å². The van der Waals surface area contributed by atoms with Gasteiger partial charge in [-0.2, -0.15) is 0 Å². The van der Waals surface area contributed by atoms with Crippen molar-refractivity contribution in [3.8, 4) is 0 Å². The van der Waals surface area contributed by atoms with Crippen molar-refractivity contribution in [2.75, 3.05) is 0 Å². The molecule has 1 heterocycles. The van der Waals surface area contributed by atoms with Gasteiger partial charge in [-0.15, -0.1) is 0 Å². The molecule has 0 saturated carbocycles. The highest BCUT2D eigenvalue weighted by atomic mass is 79.9. The Hall–Kier alpha value is -1.28. The van der Waals surface area contributed by atoms with Gasteiger partial charge in [0, 0.05) is 12.6 Å². The highest BCUT2D eigenvalue weighted by molar-refractivity contribution is 9.10. The first kappa shape index (κ1) is 16.1. The van der Waals surface area contributed by atoms with Crippen LogP contribution in [0.4, 0.5) is 0 Å². The summed E-state index contributed by atoms with van der Waals surface area (Å²) >= 11 is 3.33. The molecule has 1 aromatic heterocycles. The quantitative estimate of drug-likeness (QED) is 0.792. The van der Waals surface area contributed by atoms with Crippen molar-refractivity contribution < 1.29 is 8.42 Å². The number of benzene rings is 1. The largest absolute Gasteiger partial charge is 0.305 e. The maximum absolute atomic E-state index is 11.2. The summed E-state index contributed by atoms with van der Waals surface area (Å²) in [5, 5.41) is 8.41. The molecule has 0 saturated heterocycles. The van der Waals surface area contributed by atoms with E-state index in [-0.39, 0.29) is 10.9 Å². The molecule has 0 radical (unpaired) electrons. The van der Waals surface area contributed by atoms with Crippen LogP contribution in [0.1, 0.15) is 24.2 Å². The molecule has 1 unspecified atom stereocenters. The SMILES string of the molecule is CC(NCc1cccc(Br)n1)c1ccc(S(N)(=O)=O)cc1. The standard InChI is InChI=1S/C14H16BrN3O2S/c1-10(17-9-12-3-2-4-14(15)18-12)11-5-7-13(8-6-11)21(16,19)20/h2-8,10,17H,9H2,1H3,(H2,16,19,20). The first-order valence-electron chi connectivity index (χ1n) is 6.34. The number of pyridine rings is 1. The third-order valence-electron chi connectivity index (χ3n) is 3.07. The summed E-state index contributed by atoms with van der Waals surface area (Å²) in [6.45, 7) is 2.63. The monoisotopic (exact) mass is 369 g/mol. The fourth-order valence-electron chi connectivity index (χ4n) is 1.87.